The fraction of sp³-hybridized carbons (Fsp3) is 0.118. The van der Waals surface area contributed by atoms with Crippen LogP contribution in [0, 0.1) is 0 Å². The molecular formula is C17H16N2O2. The lowest BCUT2D eigenvalue weighted by Crippen LogP contribution is -2.14. The number of aromatic amines is 1. The summed E-state index contributed by atoms with van der Waals surface area (Å²) in [6, 6.07) is 15.4. The third kappa shape index (κ3) is 2.89. The van der Waals surface area contributed by atoms with Crippen molar-refractivity contribution < 1.29 is 9.53 Å². The molecule has 3 rings (SSSR count). The summed E-state index contributed by atoms with van der Waals surface area (Å²) in [4.78, 5) is 15.3. The summed E-state index contributed by atoms with van der Waals surface area (Å²) in [5, 5.41) is 4.02. The van der Waals surface area contributed by atoms with Gasteiger partial charge < -0.3 is 15.0 Å². The Morgan fingerprint density at radius 1 is 1.19 bits per heavy atom. The smallest absolute Gasteiger partial charge is 0.228 e. The second-order valence-corrected chi connectivity index (χ2v) is 4.82. The molecule has 0 unspecified atom stereocenters. The highest BCUT2D eigenvalue weighted by Crippen LogP contribution is 2.23. The number of carbonyl (C=O) groups is 1. The first-order valence-corrected chi connectivity index (χ1v) is 6.75. The Morgan fingerprint density at radius 2 is 2.05 bits per heavy atom. The predicted molar refractivity (Wildman–Crippen MR) is 83.6 cm³/mol. The van der Waals surface area contributed by atoms with E-state index in [0.717, 1.165) is 16.5 Å². The molecule has 106 valence electrons. The van der Waals surface area contributed by atoms with Gasteiger partial charge in [-0.25, -0.2) is 0 Å². The van der Waals surface area contributed by atoms with E-state index >= 15 is 0 Å². The van der Waals surface area contributed by atoms with Gasteiger partial charge in [-0.1, -0.05) is 24.3 Å². The van der Waals surface area contributed by atoms with Crippen molar-refractivity contribution in [1.29, 1.82) is 0 Å². The van der Waals surface area contributed by atoms with Gasteiger partial charge in [0.1, 0.15) is 5.75 Å². The Kier molecular flexibility index (Phi) is 3.60. The topological polar surface area (TPSA) is 54.1 Å². The highest BCUT2D eigenvalue weighted by molar-refractivity contribution is 5.94. The minimum atomic E-state index is -0.0644. The normalized spacial score (nSPS) is 10.5. The Balaban J connectivity index is 1.73. The van der Waals surface area contributed by atoms with Gasteiger partial charge in [-0.2, -0.15) is 0 Å². The molecule has 2 N–H and O–H groups in total. The van der Waals surface area contributed by atoms with Crippen LogP contribution >= 0.6 is 0 Å². The number of methoxy groups -OCH3 is 1. The van der Waals surface area contributed by atoms with E-state index in [1.54, 1.807) is 7.11 Å². The Labute approximate surface area is 122 Å². The molecule has 2 aromatic carbocycles. The van der Waals surface area contributed by atoms with E-state index in [0.29, 0.717) is 17.9 Å². The summed E-state index contributed by atoms with van der Waals surface area (Å²) in [5.41, 5.74) is 2.70. The third-order valence-electron chi connectivity index (χ3n) is 3.37. The van der Waals surface area contributed by atoms with Crippen molar-refractivity contribution in [3.63, 3.8) is 0 Å². The summed E-state index contributed by atoms with van der Waals surface area (Å²) >= 11 is 0. The number of amides is 1. The van der Waals surface area contributed by atoms with E-state index in [1.165, 1.54) is 0 Å². The SMILES string of the molecule is COc1ccccc1NC(=O)Cc1ccc2cc[nH]c2c1. The second kappa shape index (κ2) is 5.71. The zero-order valence-corrected chi connectivity index (χ0v) is 11.7. The zero-order chi connectivity index (χ0) is 14.7. The summed E-state index contributed by atoms with van der Waals surface area (Å²) in [6.45, 7) is 0. The van der Waals surface area contributed by atoms with Crippen LogP contribution < -0.4 is 10.1 Å². The number of para-hydroxylation sites is 2. The summed E-state index contributed by atoms with van der Waals surface area (Å²) in [5.74, 6) is 0.594. The quantitative estimate of drug-likeness (QED) is 0.770. The molecule has 0 saturated carbocycles. The molecule has 0 aliphatic heterocycles. The summed E-state index contributed by atoms with van der Waals surface area (Å²) in [7, 11) is 1.59. The molecule has 1 heterocycles. The first-order chi connectivity index (χ1) is 10.3. The molecule has 0 atom stereocenters. The highest BCUT2D eigenvalue weighted by Gasteiger charge is 2.08. The molecule has 4 nitrogen and oxygen atoms in total. The van der Waals surface area contributed by atoms with Crippen molar-refractivity contribution in [1.82, 2.24) is 4.98 Å². The molecule has 0 radical (unpaired) electrons. The molecule has 1 aromatic heterocycles. The lowest BCUT2D eigenvalue weighted by molar-refractivity contribution is -0.115. The maximum absolute atomic E-state index is 12.1. The van der Waals surface area contributed by atoms with Crippen molar-refractivity contribution in [2.75, 3.05) is 12.4 Å². The predicted octanol–water partition coefficient (Wildman–Crippen LogP) is 3.36. The number of nitrogens with one attached hydrogen (secondary N) is 2. The molecule has 4 heteroatoms. The van der Waals surface area contributed by atoms with E-state index in [4.69, 9.17) is 4.74 Å². The van der Waals surface area contributed by atoms with E-state index in [-0.39, 0.29) is 5.91 Å². The Morgan fingerprint density at radius 3 is 2.90 bits per heavy atom. The summed E-state index contributed by atoms with van der Waals surface area (Å²) in [6.07, 6.45) is 2.22. The molecular weight excluding hydrogens is 264 g/mol. The lowest BCUT2D eigenvalue weighted by atomic mass is 10.1. The maximum Gasteiger partial charge on any atom is 0.228 e. The number of carbonyl (C=O) groups excluding carboxylic acids is 1. The molecule has 0 saturated heterocycles. The monoisotopic (exact) mass is 280 g/mol. The third-order valence-corrected chi connectivity index (χ3v) is 3.37. The van der Waals surface area contributed by atoms with Crippen LogP contribution in [0.15, 0.2) is 54.7 Å². The van der Waals surface area contributed by atoms with Gasteiger partial charge in [0.15, 0.2) is 0 Å². The number of fused-ring (bicyclic) bond motifs is 1. The fourth-order valence-corrected chi connectivity index (χ4v) is 2.33. The van der Waals surface area contributed by atoms with Crippen LogP contribution in [0.4, 0.5) is 5.69 Å². The van der Waals surface area contributed by atoms with Gasteiger partial charge in [0, 0.05) is 11.7 Å². The standard InChI is InChI=1S/C17H16N2O2/c1-21-16-5-3-2-4-14(16)19-17(20)11-12-6-7-13-8-9-18-15(13)10-12/h2-10,18H,11H2,1H3,(H,19,20). The number of ether oxygens (including phenoxy) is 1. The lowest BCUT2D eigenvalue weighted by Gasteiger charge is -2.09. The Hall–Kier alpha value is -2.75. The van der Waals surface area contributed by atoms with Crippen molar-refractivity contribution in [2.24, 2.45) is 0 Å². The molecule has 3 aromatic rings. The van der Waals surface area contributed by atoms with Crippen LogP contribution in [-0.2, 0) is 11.2 Å². The van der Waals surface area contributed by atoms with E-state index in [2.05, 4.69) is 10.3 Å². The fourth-order valence-electron chi connectivity index (χ4n) is 2.33. The van der Waals surface area contributed by atoms with Crippen LogP contribution in [0.1, 0.15) is 5.56 Å². The number of anilines is 1. The molecule has 0 aliphatic carbocycles. The van der Waals surface area contributed by atoms with Crippen LogP contribution in [0.2, 0.25) is 0 Å². The molecule has 21 heavy (non-hydrogen) atoms. The number of aromatic nitrogens is 1. The van der Waals surface area contributed by atoms with Gasteiger partial charge in [0.25, 0.3) is 0 Å². The van der Waals surface area contributed by atoms with Crippen LogP contribution in [0.3, 0.4) is 0 Å². The average Bonchev–Trinajstić information content (AvgIpc) is 2.95. The number of hydrogen-bond donors (Lipinski definition) is 2. The van der Waals surface area contributed by atoms with Gasteiger partial charge in [-0.3, -0.25) is 4.79 Å². The van der Waals surface area contributed by atoms with Gasteiger partial charge in [-0.15, -0.1) is 0 Å². The summed E-state index contributed by atoms with van der Waals surface area (Å²) < 4.78 is 5.22. The first kappa shape index (κ1) is 13.2. The van der Waals surface area contributed by atoms with Gasteiger partial charge in [0.05, 0.1) is 19.2 Å². The van der Waals surface area contributed by atoms with Crippen LogP contribution in [0.5, 0.6) is 5.75 Å². The van der Waals surface area contributed by atoms with Crippen molar-refractivity contribution in [3.8, 4) is 5.75 Å². The van der Waals surface area contributed by atoms with E-state index in [1.807, 2.05) is 54.7 Å². The van der Waals surface area contributed by atoms with Crippen molar-refractivity contribution >= 4 is 22.5 Å². The average molecular weight is 280 g/mol. The highest BCUT2D eigenvalue weighted by atomic mass is 16.5. The number of hydrogen-bond acceptors (Lipinski definition) is 2. The molecule has 0 bridgehead atoms. The Bertz CT molecular complexity index is 777. The number of rotatable bonds is 4. The number of H-pyrrole nitrogens is 1. The van der Waals surface area contributed by atoms with E-state index < -0.39 is 0 Å². The van der Waals surface area contributed by atoms with Gasteiger partial charge in [0.2, 0.25) is 5.91 Å². The largest absolute Gasteiger partial charge is 0.495 e. The molecule has 1 amide bonds. The molecule has 0 spiro atoms. The molecule has 0 aliphatic rings. The minimum Gasteiger partial charge on any atom is -0.495 e. The molecule has 0 fully saturated rings. The van der Waals surface area contributed by atoms with Gasteiger partial charge >= 0.3 is 0 Å². The van der Waals surface area contributed by atoms with Crippen LogP contribution in [0.25, 0.3) is 10.9 Å². The minimum absolute atomic E-state index is 0.0644. The second-order valence-electron chi connectivity index (χ2n) is 4.82. The zero-order valence-electron chi connectivity index (χ0n) is 11.7. The van der Waals surface area contributed by atoms with Crippen molar-refractivity contribution in [2.45, 2.75) is 6.42 Å². The van der Waals surface area contributed by atoms with Crippen molar-refractivity contribution in [3.05, 3.63) is 60.3 Å². The first-order valence-electron chi connectivity index (χ1n) is 6.75. The van der Waals surface area contributed by atoms with E-state index in [9.17, 15) is 4.79 Å². The number of benzene rings is 2. The van der Waals surface area contributed by atoms with Crippen LogP contribution in [-0.4, -0.2) is 18.0 Å². The van der Waals surface area contributed by atoms with Gasteiger partial charge in [-0.05, 0) is 35.2 Å². The maximum atomic E-state index is 12.1.